The number of carbonyl (C=O) groups is 2. The Hall–Kier alpha value is -2.04. The van der Waals surface area contributed by atoms with Gasteiger partial charge in [0.15, 0.2) is 0 Å². The van der Waals surface area contributed by atoms with Gasteiger partial charge in [-0.05, 0) is 43.9 Å². The number of amides is 2. The molecule has 2 rings (SSSR count). The van der Waals surface area contributed by atoms with Gasteiger partial charge in [0.2, 0.25) is 11.8 Å². The van der Waals surface area contributed by atoms with E-state index in [1.54, 1.807) is 0 Å². The van der Waals surface area contributed by atoms with Crippen LogP contribution in [0, 0.1) is 6.92 Å². The zero-order valence-corrected chi connectivity index (χ0v) is 15.5. The molecule has 138 valence electrons. The van der Waals surface area contributed by atoms with E-state index in [9.17, 15) is 9.59 Å². The van der Waals surface area contributed by atoms with Crippen molar-refractivity contribution in [1.29, 1.82) is 0 Å². The van der Waals surface area contributed by atoms with E-state index >= 15 is 0 Å². The van der Waals surface area contributed by atoms with Crippen molar-refractivity contribution in [1.82, 2.24) is 5.32 Å². The molecule has 25 heavy (non-hydrogen) atoms. The molecule has 0 heterocycles. The Labute approximate surface area is 151 Å². The van der Waals surface area contributed by atoms with Gasteiger partial charge in [-0.25, -0.2) is 0 Å². The number of hydrogen-bond acceptors (Lipinski definition) is 3. The molecule has 0 atom stereocenters. The van der Waals surface area contributed by atoms with Crippen LogP contribution in [0.5, 0.6) is 0 Å². The van der Waals surface area contributed by atoms with Crippen LogP contribution >= 0.6 is 0 Å². The zero-order chi connectivity index (χ0) is 18.1. The average molecular weight is 345 g/mol. The lowest BCUT2D eigenvalue weighted by molar-refractivity contribution is -0.120. The Morgan fingerprint density at radius 3 is 2.40 bits per heavy atom. The largest absolute Gasteiger partial charge is 0.376 e. The van der Waals surface area contributed by atoms with Crippen molar-refractivity contribution in [2.24, 2.45) is 0 Å². The highest BCUT2D eigenvalue weighted by Crippen LogP contribution is 2.23. The Morgan fingerprint density at radius 1 is 1.04 bits per heavy atom. The first-order chi connectivity index (χ1) is 12.1. The molecule has 0 spiro atoms. The van der Waals surface area contributed by atoms with Gasteiger partial charge in [-0.2, -0.15) is 0 Å². The van der Waals surface area contributed by atoms with Gasteiger partial charge >= 0.3 is 0 Å². The molecule has 0 saturated heterocycles. The molecule has 1 fully saturated rings. The van der Waals surface area contributed by atoms with Crippen LogP contribution in [0.25, 0.3) is 0 Å². The first-order valence-electron chi connectivity index (χ1n) is 9.53. The second-order valence-corrected chi connectivity index (χ2v) is 6.89. The highest BCUT2D eigenvalue weighted by atomic mass is 16.2. The molecular weight excluding hydrogens is 314 g/mol. The molecule has 1 aromatic carbocycles. The van der Waals surface area contributed by atoms with Gasteiger partial charge < -0.3 is 16.0 Å². The first-order valence-corrected chi connectivity index (χ1v) is 9.53. The highest BCUT2D eigenvalue weighted by molar-refractivity contribution is 5.92. The smallest absolute Gasteiger partial charge is 0.239 e. The van der Waals surface area contributed by atoms with Crippen molar-refractivity contribution >= 4 is 23.2 Å². The number of carbonyl (C=O) groups excluding carboxylic acids is 2. The monoisotopic (exact) mass is 345 g/mol. The fourth-order valence-corrected chi connectivity index (χ4v) is 3.28. The Morgan fingerprint density at radius 2 is 1.72 bits per heavy atom. The van der Waals surface area contributed by atoms with E-state index in [2.05, 4.69) is 16.0 Å². The van der Waals surface area contributed by atoms with Gasteiger partial charge in [-0.1, -0.05) is 38.7 Å². The minimum absolute atomic E-state index is 0.0221. The molecule has 0 radical (unpaired) electrons. The lowest BCUT2D eigenvalue weighted by atomic mass is 10.1. The van der Waals surface area contributed by atoms with Gasteiger partial charge in [0, 0.05) is 23.8 Å². The van der Waals surface area contributed by atoms with Crippen molar-refractivity contribution in [2.45, 2.75) is 71.3 Å². The predicted molar refractivity (Wildman–Crippen MR) is 103 cm³/mol. The number of hydrogen-bond donors (Lipinski definition) is 3. The van der Waals surface area contributed by atoms with Crippen LogP contribution < -0.4 is 16.0 Å². The molecule has 1 saturated carbocycles. The van der Waals surface area contributed by atoms with Crippen LogP contribution in [0.15, 0.2) is 18.2 Å². The Balaban J connectivity index is 1.87. The second-order valence-electron chi connectivity index (χ2n) is 6.89. The maximum Gasteiger partial charge on any atom is 0.239 e. The summed E-state index contributed by atoms with van der Waals surface area (Å²) in [6.07, 6.45) is 8.48. The third-order valence-corrected chi connectivity index (χ3v) is 4.74. The molecule has 1 aliphatic rings. The van der Waals surface area contributed by atoms with Crippen LogP contribution in [0.3, 0.4) is 0 Å². The van der Waals surface area contributed by atoms with E-state index < -0.39 is 0 Å². The Bertz CT molecular complexity index is 578. The number of rotatable bonds is 7. The topological polar surface area (TPSA) is 70.2 Å². The molecule has 0 unspecified atom stereocenters. The van der Waals surface area contributed by atoms with Crippen LogP contribution in [0.2, 0.25) is 0 Å². The van der Waals surface area contributed by atoms with Crippen molar-refractivity contribution in [2.75, 3.05) is 17.2 Å². The van der Waals surface area contributed by atoms with Crippen LogP contribution in [0.4, 0.5) is 11.4 Å². The molecule has 0 aromatic heterocycles. The standard InChI is InChI=1S/C20H31N3O2/c1-3-9-19(24)23-18-13-8-12-17(15(18)2)21-14-20(25)22-16-10-6-4-5-7-11-16/h8,12-13,16,21H,3-7,9-11,14H2,1-2H3,(H,22,25)(H,23,24). The van der Waals surface area contributed by atoms with Crippen molar-refractivity contribution < 1.29 is 9.59 Å². The molecular formula is C20H31N3O2. The van der Waals surface area contributed by atoms with Gasteiger partial charge in [-0.15, -0.1) is 0 Å². The minimum Gasteiger partial charge on any atom is -0.376 e. The maximum absolute atomic E-state index is 12.2. The summed E-state index contributed by atoms with van der Waals surface area (Å²) in [5.41, 5.74) is 2.63. The SMILES string of the molecule is CCCC(=O)Nc1cccc(NCC(=O)NC2CCCCCC2)c1C. The van der Waals surface area contributed by atoms with Gasteiger partial charge in [-0.3, -0.25) is 9.59 Å². The lowest BCUT2D eigenvalue weighted by Crippen LogP contribution is -2.38. The van der Waals surface area contributed by atoms with Gasteiger partial charge in [0.05, 0.1) is 6.54 Å². The lowest BCUT2D eigenvalue weighted by Gasteiger charge is -2.18. The van der Waals surface area contributed by atoms with Crippen LogP contribution in [-0.4, -0.2) is 24.4 Å². The second kappa shape index (κ2) is 10.1. The fourth-order valence-electron chi connectivity index (χ4n) is 3.28. The van der Waals surface area contributed by atoms with Crippen molar-refractivity contribution in [3.63, 3.8) is 0 Å². The quantitative estimate of drug-likeness (QED) is 0.655. The third-order valence-electron chi connectivity index (χ3n) is 4.74. The summed E-state index contributed by atoms with van der Waals surface area (Å²) < 4.78 is 0. The summed E-state index contributed by atoms with van der Waals surface area (Å²) in [7, 11) is 0. The predicted octanol–water partition coefficient (Wildman–Crippen LogP) is 3.98. The molecule has 3 N–H and O–H groups in total. The highest BCUT2D eigenvalue weighted by Gasteiger charge is 2.15. The summed E-state index contributed by atoms with van der Waals surface area (Å²) in [6, 6.07) is 6.03. The molecule has 2 amide bonds. The molecule has 5 nitrogen and oxygen atoms in total. The van der Waals surface area contributed by atoms with Crippen molar-refractivity contribution in [3.05, 3.63) is 23.8 Å². The molecule has 1 aliphatic carbocycles. The van der Waals surface area contributed by atoms with Crippen molar-refractivity contribution in [3.8, 4) is 0 Å². The molecule has 5 heteroatoms. The van der Waals surface area contributed by atoms with Crippen LogP contribution in [-0.2, 0) is 9.59 Å². The third kappa shape index (κ3) is 6.40. The Kier molecular flexibility index (Phi) is 7.76. The van der Waals surface area contributed by atoms with Gasteiger partial charge in [0.25, 0.3) is 0 Å². The van der Waals surface area contributed by atoms with Crippen LogP contribution in [0.1, 0.15) is 63.9 Å². The molecule has 0 aliphatic heterocycles. The average Bonchev–Trinajstić information content (AvgIpc) is 2.84. The molecule has 1 aromatic rings. The summed E-state index contributed by atoms with van der Waals surface area (Å²) in [6.45, 7) is 4.19. The zero-order valence-electron chi connectivity index (χ0n) is 15.5. The van der Waals surface area contributed by atoms with Gasteiger partial charge in [0.1, 0.15) is 0 Å². The minimum atomic E-state index is 0.0221. The summed E-state index contributed by atoms with van der Waals surface area (Å²) in [5.74, 6) is 0.0561. The number of benzene rings is 1. The maximum atomic E-state index is 12.2. The number of nitrogens with one attached hydrogen (secondary N) is 3. The summed E-state index contributed by atoms with van der Waals surface area (Å²) in [5, 5.41) is 9.27. The normalized spacial score (nSPS) is 15.3. The van der Waals surface area contributed by atoms with E-state index in [0.717, 1.165) is 36.2 Å². The first kappa shape index (κ1) is 19.3. The fraction of sp³-hybridized carbons (Fsp3) is 0.600. The van der Waals surface area contributed by atoms with E-state index in [-0.39, 0.29) is 18.4 Å². The summed E-state index contributed by atoms with van der Waals surface area (Å²) in [4.78, 5) is 24.0. The number of anilines is 2. The van der Waals surface area contributed by atoms with E-state index in [0.29, 0.717) is 12.5 Å². The summed E-state index contributed by atoms with van der Waals surface area (Å²) >= 11 is 0. The van der Waals surface area contributed by atoms with E-state index in [1.807, 2.05) is 32.0 Å². The molecule has 0 bridgehead atoms. The van der Waals surface area contributed by atoms with E-state index in [4.69, 9.17) is 0 Å². The van der Waals surface area contributed by atoms with E-state index in [1.165, 1.54) is 25.7 Å².